The molecule has 10 nitrogen and oxygen atoms in total. The molecule has 0 aliphatic heterocycles. The summed E-state index contributed by atoms with van der Waals surface area (Å²) in [6.45, 7) is 0. The maximum absolute atomic E-state index is 11.2. The Labute approximate surface area is 152 Å². The Morgan fingerprint density at radius 2 is 1.54 bits per heavy atom. The van der Waals surface area contributed by atoms with E-state index in [4.69, 9.17) is 12.2 Å². The van der Waals surface area contributed by atoms with Crippen molar-refractivity contribution in [3.05, 3.63) is 37.5 Å². The van der Waals surface area contributed by atoms with Crippen LogP contribution < -0.4 is 0 Å². The lowest BCUT2D eigenvalue weighted by Gasteiger charge is -2.53. The van der Waals surface area contributed by atoms with E-state index in [0.29, 0.717) is 30.3 Å². The normalized spacial score (nSPS) is 34.3. The number of nitro groups is 2. The van der Waals surface area contributed by atoms with Crippen LogP contribution in [0.25, 0.3) is 11.2 Å². The first-order chi connectivity index (χ1) is 12.3. The number of aromatic nitrogens is 4. The summed E-state index contributed by atoms with van der Waals surface area (Å²) in [6, 6.07) is 0. The molecule has 4 saturated carbocycles. The molecule has 2 aromatic rings. The Morgan fingerprint density at radius 1 is 1.00 bits per heavy atom. The molecule has 0 atom stereocenters. The summed E-state index contributed by atoms with van der Waals surface area (Å²) in [6.07, 6.45) is 6.48. The molecule has 4 fully saturated rings. The van der Waals surface area contributed by atoms with Crippen molar-refractivity contribution in [3.63, 3.8) is 0 Å². The van der Waals surface area contributed by atoms with Gasteiger partial charge < -0.3 is 9.97 Å². The van der Waals surface area contributed by atoms with Crippen LogP contribution in [0.2, 0.25) is 0 Å². The molecular weight excluding hydrogens is 360 g/mol. The van der Waals surface area contributed by atoms with Gasteiger partial charge in [-0.3, -0.25) is 20.2 Å². The van der Waals surface area contributed by atoms with Crippen LogP contribution in [0, 0.1) is 36.7 Å². The second-order valence-electron chi connectivity index (χ2n) is 7.76. The van der Waals surface area contributed by atoms with Gasteiger partial charge in [-0.25, -0.2) is 9.97 Å². The van der Waals surface area contributed by atoms with Crippen molar-refractivity contribution in [1.29, 1.82) is 0 Å². The number of nitrogens with one attached hydrogen (secondary N) is 2. The first-order valence-electron chi connectivity index (χ1n) is 8.49. The second kappa shape index (κ2) is 5.79. The van der Waals surface area contributed by atoms with Gasteiger partial charge in [0.1, 0.15) is 5.52 Å². The Kier molecular flexibility index (Phi) is 3.79. The van der Waals surface area contributed by atoms with Gasteiger partial charge in [-0.05, 0) is 18.3 Å². The first kappa shape index (κ1) is 17.0. The summed E-state index contributed by atoms with van der Waals surface area (Å²) in [5.74, 6) is 0.411. The lowest BCUT2D eigenvalue weighted by atomic mass is 9.50. The van der Waals surface area contributed by atoms with E-state index in [-0.39, 0.29) is 28.1 Å². The minimum Gasteiger partial charge on any atom is -0.341 e. The molecule has 2 heterocycles. The predicted molar refractivity (Wildman–Crippen MR) is 93.2 cm³/mol. The van der Waals surface area contributed by atoms with Gasteiger partial charge >= 0.3 is 0 Å². The van der Waals surface area contributed by atoms with E-state index in [0.717, 1.165) is 17.6 Å². The van der Waals surface area contributed by atoms with Crippen molar-refractivity contribution >= 4 is 23.4 Å². The molecule has 0 aromatic carbocycles. The predicted octanol–water partition coefficient (Wildman–Crippen LogP) is 2.65. The average Bonchev–Trinajstić information content (AvgIpc) is 3.04. The summed E-state index contributed by atoms with van der Waals surface area (Å²) >= 11 is 4.91. The number of rotatable bonds is 2. The lowest BCUT2D eigenvalue weighted by Crippen LogP contribution is -2.64. The molecule has 0 unspecified atom stereocenters. The molecule has 138 valence electrons. The minimum atomic E-state index is -0.975. The molecule has 2 N–H and O–H groups in total. The summed E-state index contributed by atoms with van der Waals surface area (Å²) < 4.78 is 0.547. The maximum Gasteiger partial charge on any atom is 0.229 e. The minimum absolute atomic E-state index is 0.160. The molecule has 4 bridgehead atoms. The molecule has 11 heteroatoms. The SMILES string of the molecule is O=[N+]([O-])C12CC3CC(C1)CC([N+](=O)[O-])(C3)C2.S=c1nc[nH]c2nc[nH]c12. The molecule has 4 aliphatic rings. The quantitative estimate of drug-likeness (QED) is 0.464. The molecular formula is C15H18N6O4S. The largest absolute Gasteiger partial charge is 0.341 e. The van der Waals surface area contributed by atoms with Crippen LogP contribution in [0.5, 0.6) is 0 Å². The van der Waals surface area contributed by atoms with Crippen molar-refractivity contribution < 1.29 is 9.85 Å². The van der Waals surface area contributed by atoms with Crippen LogP contribution in [0.1, 0.15) is 38.5 Å². The zero-order valence-corrected chi connectivity index (χ0v) is 14.7. The number of fused-ring (bicyclic) bond motifs is 1. The highest BCUT2D eigenvalue weighted by atomic mass is 32.1. The van der Waals surface area contributed by atoms with Gasteiger partial charge in [0.15, 0.2) is 10.3 Å². The zero-order chi connectivity index (χ0) is 18.5. The van der Waals surface area contributed by atoms with Crippen LogP contribution in [0.3, 0.4) is 0 Å². The summed E-state index contributed by atoms with van der Waals surface area (Å²) in [5.41, 5.74) is -0.411. The monoisotopic (exact) mass is 378 g/mol. The van der Waals surface area contributed by atoms with Crippen LogP contribution in [0.4, 0.5) is 0 Å². The fourth-order valence-corrected chi connectivity index (χ4v) is 5.59. The Bertz CT molecular complexity index is 893. The zero-order valence-electron chi connectivity index (χ0n) is 13.9. The standard InChI is InChI=1S/C10H14N2O4.C5H4N4S/c13-11(14)9-2-7-1-8(4-9)5-10(3-7,6-9)12(15)16;10-5-3-4(7-1-6-3)8-2-9-5/h7-8H,1-6H2;1-2H,(H2,6,7,8,9,10). The van der Waals surface area contributed by atoms with E-state index in [1.54, 1.807) is 6.33 Å². The third kappa shape index (κ3) is 2.57. The third-order valence-electron chi connectivity index (χ3n) is 6.01. The smallest absolute Gasteiger partial charge is 0.229 e. The summed E-state index contributed by atoms with van der Waals surface area (Å²) in [4.78, 5) is 35.5. The molecule has 0 amide bonds. The van der Waals surface area contributed by atoms with Gasteiger partial charge in [-0.2, -0.15) is 0 Å². The molecule has 0 radical (unpaired) electrons. The summed E-state index contributed by atoms with van der Waals surface area (Å²) in [5, 5.41) is 22.4. The molecule has 6 rings (SSSR count). The van der Waals surface area contributed by atoms with Crippen LogP contribution in [0.15, 0.2) is 12.7 Å². The number of aromatic amines is 2. The second-order valence-corrected chi connectivity index (χ2v) is 8.14. The van der Waals surface area contributed by atoms with E-state index in [2.05, 4.69) is 19.9 Å². The van der Waals surface area contributed by atoms with Crippen LogP contribution >= 0.6 is 12.2 Å². The number of H-pyrrole nitrogens is 2. The Hall–Kier alpha value is -2.43. The molecule has 0 spiro atoms. The van der Waals surface area contributed by atoms with Gasteiger partial charge in [-0.1, -0.05) is 12.2 Å². The third-order valence-corrected chi connectivity index (χ3v) is 6.32. The molecule has 0 saturated heterocycles. The van der Waals surface area contributed by atoms with E-state index < -0.39 is 11.1 Å². The average molecular weight is 378 g/mol. The van der Waals surface area contributed by atoms with Gasteiger partial charge in [0, 0.05) is 35.5 Å². The van der Waals surface area contributed by atoms with E-state index in [1.165, 1.54) is 6.33 Å². The maximum atomic E-state index is 11.2. The molecule has 2 aromatic heterocycles. The van der Waals surface area contributed by atoms with Crippen LogP contribution in [-0.4, -0.2) is 40.9 Å². The Balaban J connectivity index is 0.000000144. The van der Waals surface area contributed by atoms with E-state index in [9.17, 15) is 20.2 Å². The highest BCUT2D eigenvalue weighted by Crippen LogP contribution is 2.59. The van der Waals surface area contributed by atoms with Crippen molar-refractivity contribution in [3.8, 4) is 0 Å². The number of hydrogen-bond donors (Lipinski definition) is 2. The lowest BCUT2D eigenvalue weighted by molar-refractivity contribution is -0.644. The fourth-order valence-electron chi connectivity index (χ4n) is 5.38. The highest BCUT2D eigenvalue weighted by molar-refractivity contribution is 7.71. The fraction of sp³-hybridized carbons (Fsp3) is 0.667. The first-order valence-corrected chi connectivity index (χ1v) is 8.90. The molecule has 4 aliphatic carbocycles. The van der Waals surface area contributed by atoms with Crippen molar-refractivity contribution in [2.24, 2.45) is 11.8 Å². The van der Waals surface area contributed by atoms with Crippen molar-refractivity contribution in [2.45, 2.75) is 49.6 Å². The van der Waals surface area contributed by atoms with Crippen molar-refractivity contribution in [2.75, 3.05) is 0 Å². The van der Waals surface area contributed by atoms with Crippen LogP contribution in [-0.2, 0) is 0 Å². The van der Waals surface area contributed by atoms with Crippen molar-refractivity contribution in [1.82, 2.24) is 19.9 Å². The Morgan fingerprint density at radius 3 is 2.04 bits per heavy atom. The summed E-state index contributed by atoms with van der Waals surface area (Å²) in [7, 11) is 0. The van der Waals surface area contributed by atoms with Gasteiger partial charge in [-0.15, -0.1) is 0 Å². The van der Waals surface area contributed by atoms with Gasteiger partial charge in [0.25, 0.3) is 0 Å². The number of hydrogen-bond acceptors (Lipinski definition) is 7. The van der Waals surface area contributed by atoms with Gasteiger partial charge in [0.05, 0.1) is 19.1 Å². The number of nitrogens with zero attached hydrogens (tertiary/aromatic N) is 4. The highest BCUT2D eigenvalue weighted by Gasteiger charge is 2.69. The molecule has 26 heavy (non-hydrogen) atoms. The number of imidazole rings is 1. The van der Waals surface area contributed by atoms with Gasteiger partial charge in [0.2, 0.25) is 11.1 Å². The van der Waals surface area contributed by atoms with E-state index >= 15 is 0 Å². The topological polar surface area (TPSA) is 144 Å². The van der Waals surface area contributed by atoms with E-state index in [1.807, 2.05) is 0 Å².